The van der Waals surface area contributed by atoms with E-state index in [0.29, 0.717) is 0 Å². The molecule has 0 amide bonds. The monoisotopic (exact) mass is 211 g/mol. The van der Waals surface area contributed by atoms with Crippen LogP contribution in [0.1, 0.15) is 5.56 Å². The van der Waals surface area contributed by atoms with Crippen molar-refractivity contribution in [3.05, 3.63) is 33.9 Å². The summed E-state index contributed by atoms with van der Waals surface area (Å²) in [6, 6.07) is 3.61. The number of ether oxygens (including phenoxy) is 1. The lowest BCUT2D eigenvalue weighted by atomic mass is 10.1. The third-order valence-corrected chi connectivity index (χ3v) is 1.83. The van der Waals surface area contributed by atoms with Gasteiger partial charge in [-0.1, -0.05) is 0 Å². The quantitative estimate of drug-likeness (QED) is 0.458. The van der Waals surface area contributed by atoms with Crippen LogP contribution in [0.3, 0.4) is 0 Å². The van der Waals surface area contributed by atoms with Crippen LogP contribution in [0.25, 0.3) is 0 Å². The first-order chi connectivity index (χ1) is 7.04. The van der Waals surface area contributed by atoms with Crippen molar-refractivity contribution in [3.8, 4) is 5.75 Å². The number of esters is 1. The first-order valence-electron chi connectivity index (χ1n) is 4.07. The number of benzene rings is 1. The van der Waals surface area contributed by atoms with Crippen molar-refractivity contribution in [1.29, 1.82) is 0 Å². The van der Waals surface area contributed by atoms with Crippen LogP contribution >= 0.6 is 0 Å². The summed E-state index contributed by atoms with van der Waals surface area (Å²) in [4.78, 5) is 20.9. The number of carbonyl (C=O) groups excluding carboxylic acids is 1. The second-order valence-electron chi connectivity index (χ2n) is 2.82. The number of methoxy groups -OCH3 is 1. The standard InChI is InChI=1S/C9H9NO5/c1-15-9(12)4-6-2-3-7(11)5-8(6)10(13)14/h2-3,5,11H,4H2,1H3. The highest BCUT2D eigenvalue weighted by Gasteiger charge is 2.17. The highest BCUT2D eigenvalue weighted by molar-refractivity contribution is 5.74. The molecule has 1 aromatic carbocycles. The van der Waals surface area contributed by atoms with Gasteiger partial charge in [0.25, 0.3) is 5.69 Å². The molecule has 15 heavy (non-hydrogen) atoms. The zero-order valence-corrected chi connectivity index (χ0v) is 7.97. The van der Waals surface area contributed by atoms with Crippen LogP contribution in [0.4, 0.5) is 5.69 Å². The predicted octanol–water partition coefficient (Wildman–Crippen LogP) is 1.02. The molecule has 1 aromatic rings. The molecule has 0 saturated carbocycles. The van der Waals surface area contributed by atoms with Gasteiger partial charge in [0.05, 0.1) is 24.5 Å². The SMILES string of the molecule is COC(=O)Cc1ccc(O)cc1[N+](=O)[O-]. The zero-order valence-electron chi connectivity index (χ0n) is 7.97. The van der Waals surface area contributed by atoms with Crippen LogP contribution in [0.15, 0.2) is 18.2 Å². The van der Waals surface area contributed by atoms with E-state index in [-0.39, 0.29) is 23.4 Å². The summed E-state index contributed by atoms with van der Waals surface area (Å²) in [5.74, 6) is -0.779. The minimum atomic E-state index is -0.655. The van der Waals surface area contributed by atoms with E-state index in [9.17, 15) is 14.9 Å². The normalized spacial score (nSPS) is 9.67. The molecule has 0 spiro atoms. The Balaban J connectivity index is 3.06. The van der Waals surface area contributed by atoms with E-state index in [2.05, 4.69) is 4.74 Å². The summed E-state index contributed by atoms with van der Waals surface area (Å²) in [6.45, 7) is 0. The molecule has 0 aromatic heterocycles. The average molecular weight is 211 g/mol. The number of hydrogen-bond acceptors (Lipinski definition) is 5. The minimum absolute atomic E-state index is 0.187. The maximum atomic E-state index is 10.9. The lowest BCUT2D eigenvalue weighted by Gasteiger charge is -2.02. The van der Waals surface area contributed by atoms with E-state index in [1.807, 2.05) is 0 Å². The van der Waals surface area contributed by atoms with Gasteiger partial charge >= 0.3 is 5.97 Å². The molecule has 0 bridgehead atoms. The van der Waals surface area contributed by atoms with Crippen molar-refractivity contribution < 1.29 is 19.6 Å². The van der Waals surface area contributed by atoms with Gasteiger partial charge in [-0.3, -0.25) is 14.9 Å². The maximum Gasteiger partial charge on any atom is 0.310 e. The number of nitro groups is 1. The number of aromatic hydroxyl groups is 1. The summed E-state index contributed by atoms with van der Waals surface area (Å²) in [5, 5.41) is 19.6. The van der Waals surface area contributed by atoms with Gasteiger partial charge < -0.3 is 9.84 Å². The van der Waals surface area contributed by atoms with Crippen LogP contribution in [0.5, 0.6) is 5.75 Å². The number of rotatable bonds is 3. The van der Waals surface area contributed by atoms with Crippen LogP contribution in [0.2, 0.25) is 0 Å². The highest BCUT2D eigenvalue weighted by atomic mass is 16.6. The number of phenolic OH excluding ortho intramolecular Hbond substituents is 1. The number of phenols is 1. The summed E-state index contributed by atoms with van der Waals surface area (Å²) in [5.41, 5.74) is -0.0787. The van der Waals surface area contributed by atoms with E-state index >= 15 is 0 Å². The average Bonchev–Trinajstić information content (AvgIpc) is 2.20. The second-order valence-corrected chi connectivity index (χ2v) is 2.82. The topological polar surface area (TPSA) is 89.7 Å². The van der Waals surface area contributed by atoms with Gasteiger partial charge in [-0.05, 0) is 12.1 Å². The Hall–Kier alpha value is -2.11. The molecule has 0 radical (unpaired) electrons. The molecule has 0 aliphatic carbocycles. The van der Waals surface area contributed by atoms with Gasteiger partial charge in [-0.2, -0.15) is 0 Å². The molecular weight excluding hydrogens is 202 g/mol. The molecule has 1 rings (SSSR count). The van der Waals surface area contributed by atoms with Crippen molar-refractivity contribution >= 4 is 11.7 Å². The molecule has 0 aliphatic rings. The van der Waals surface area contributed by atoms with E-state index in [1.165, 1.54) is 19.2 Å². The van der Waals surface area contributed by atoms with Crippen molar-refractivity contribution in [2.75, 3.05) is 7.11 Å². The maximum absolute atomic E-state index is 10.9. The fraction of sp³-hybridized carbons (Fsp3) is 0.222. The van der Waals surface area contributed by atoms with Gasteiger partial charge in [0, 0.05) is 5.56 Å². The Kier molecular flexibility index (Phi) is 3.22. The van der Waals surface area contributed by atoms with Crippen LogP contribution in [-0.4, -0.2) is 23.1 Å². The number of carbonyl (C=O) groups is 1. The molecule has 0 heterocycles. The van der Waals surface area contributed by atoms with Crippen molar-refractivity contribution in [2.45, 2.75) is 6.42 Å². The Morgan fingerprint density at radius 1 is 1.60 bits per heavy atom. The molecule has 80 valence electrons. The predicted molar refractivity (Wildman–Crippen MR) is 50.5 cm³/mol. The van der Waals surface area contributed by atoms with Crippen LogP contribution < -0.4 is 0 Å². The van der Waals surface area contributed by atoms with Gasteiger partial charge in [-0.25, -0.2) is 0 Å². The summed E-state index contributed by atoms with van der Waals surface area (Å²) in [7, 11) is 1.20. The fourth-order valence-electron chi connectivity index (χ4n) is 1.10. The zero-order chi connectivity index (χ0) is 11.4. The Bertz CT molecular complexity index is 401. The van der Waals surface area contributed by atoms with Gasteiger partial charge in [-0.15, -0.1) is 0 Å². The highest BCUT2D eigenvalue weighted by Crippen LogP contribution is 2.24. The van der Waals surface area contributed by atoms with E-state index < -0.39 is 10.9 Å². The summed E-state index contributed by atoms with van der Waals surface area (Å²) >= 11 is 0. The van der Waals surface area contributed by atoms with Crippen molar-refractivity contribution in [2.24, 2.45) is 0 Å². The first-order valence-corrected chi connectivity index (χ1v) is 4.07. The molecule has 0 atom stereocenters. The molecule has 1 N–H and O–H groups in total. The molecule has 6 nitrogen and oxygen atoms in total. The largest absolute Gasteiger partial charge is 0.508 e. The third kappa shape index (κ3) is 2.67. The smallest absolute Gasteiger partial charge is 0.310 e. The molecule has 0 unspecified atom stereocenters. The van der Waals surface area contributed by atoms with E-state index in [0.717, 1.165) is 6.07 Å². The van der Waals surface area contributed by atoms with Crippen molar-refractivity contribution in [1.82, 2.24) is 0 Å². The van der Waals surface area contributed by atoms with Crippen LogP contribution in [0, 0.1) is 10.1 Å². The molecule has 0 fully saturated rings. The van der Waals surface area contributed by atoms with Gasteiger partial charge in [0.15, 0.2) is 0 Å². The van der Waals surface area contributed by atoms with Gasteiger partial charge in [0.2, 0.25) is 0 Å². The second kappa shape index (κ2) is 4.41. The molecular formula is C9H9NO5. The molecule has 6 heteroatoms. The minimum Gasteiger partial charge on any atom is -0.508 e. The van der Waals surface area contributed by atoms with E-state index in [1.54, 1.807) is 0 Å². The fourth-order valence-corrected chi connectivity index (χ4v) is 1.10. The number of nitro benzene ring substituents is 1. The lowest BCUT2D eigenvalue weighted by Crippen LogP contribution is -2.06. The van der Waals surface area contributed by atoms with Crippen molar-refractivity contribution in [3.63, 3.8) is 0 Å². The molecule has 0 aliphatic heterocycles. The Labute approximate surface area is 85.2 Å². The van der Waals surface area contributed by atoms with Gasteiger partial charge in [0.1, 0.15) is 5.75 Å². The molecule has 0 saturated heterocycles. The third-order valence-electron chi connectivity index (χ3n) is 1.83. The lowest BCUT2D eigenvalue weighted by molar-refractivity contribution is -0.385. The Morgan fingerprint density at radius 2 is 2.27 bits per heavy atom. The number of nitrogens with zero attached hydrogens (tertiary/aromatic N) is 1. The number of hydrogen-bond donors (Lipinski definition) is 1. The summed E-state index contributed by atoms with van der Waals surface area (Å²) < 4.78 is 4.40. The van der Waals surface area contributed by atoms with Crippen LogP contribution in [-0.2, 0) is 16.0 Å². The summed E-state index contributed by atoms with van der Waals surface area (Å²) in [6.07, 6.45) is -0.187. The Morgan fingerprint density at radius 3 is 2.80 bits per heavy atom. The first kappa shape index (κ1) is 11.0. The van der Waals surface area contributed by atoms with E-state index in [4.69, 9.17) is 5.11 Å².